The molecule has 0 aliphatic heterocycles. The first-order valence-electron chi connectivity index (χ1n) is 4.57. The highest BCUT2D eigenvalue weighted by Gasteiger charge is 2.46. The summed E-state index contributed by atoms with van der Waals surface area (Å²) in [6, 6.07) is 4.89. The number of alkyl halides is 3. The Hall–Kier alpha value is -1.28. The van der Waals surface area contributed by atoms with E-state index in [1.165, 1.54) is 35.9 Å². The van der Waals surface area contributed by atoms with Gasteiger partial charge in [0.2, 0.25) is 0 Å². The Morgan fingerprint density at radius 3 is 2.12 bits per heavy atom. The number of rotatable bonds is 3. The maximum absolute atomic E-state index is 12.1. The van der Waals surface area contributed by atoms with Gasteiger partial charge in [-0.05, 0) is 24.6 Å². The maximum atomic E-state index is 12.1. The van der Waals surface area contributed by atoms with Gasteiger partial charge in [0, 0.05) is 11.7 Å². The van der Waals surface area contributed by atoms with Crippen LogP contribution in [0.2, 0.25) is 0 Å². The van der Waals surface area contributed by atoms with Gasteiger partial charge in [0.05, 0.1) is 0 Å². The van der Waals surface area contributed by atoms with Gasteiger partial charge in [-0.15, -0.1) is 0 Å². The molecule has 1 aromatic rings. The summed E-state index contributed by atoms with van der Waals surface area (Å²) in [5.74, 6) is 0. The van der Waals surface area contributed by atoms with E-state index in [1.54, 1.807) is 0 Å². The summed E-state index contributed by atoms with van der Waals surface area (Å²) in [5, 5.41) is 0. The Kier molecular flexibility index (Phi) is 3.68. The molecule has 0 bridgehead atoms. The Labute approximate surface area is 96.7 Å². The molecule has 0 aliphatic rings. The summed E-state index contributed by atoms with van der Waals surface area (Å²) in [7, 11) is -5.34. The van der Waals surface area contributed by atoms with Crippen LogP contribution < -0.4 is 10.5 Å². The quantitative estimate of drug-likeness (QED) is 0.821. The van der Waals surface area contributed by atoms with E-state index in [2.05, 4.69) is 0 Å². The first-order valence-corrected chi connectivity index (χ1v) is 6.06. The van der Waals surface area contributed by atoms with Crippen molar-refractivity contribution in [2.75, 3.05) is 5.73 Å². The second-order valence-electron chi connectivity index (χ2n) is 3.46. The number of halogens is 3. The van der Waals surface area contributed by atoms with Gasteiger partial charge in [-0.25, -0.2) is 13.1 Å². The summed E-state index contributed by atoms with van der Waals surface area (Å²) >= 11 is 0. The molecule has 1 atom stereocenters. The van der Waals surface area contributed by atoms with Crippen molar-refractivity contribution in [3.8, 4) is 0 Å². The molecule has 0 fully saturated rings. The molecule has 1 rings (SSSR count). The van der Waals surface area contributed by atoms with Crippen molar-refractivity contribution >= 4 is 15.7 Å². The molecule has 1 unspecified atom stereocenters. The molecule has 0 aromatic heterocycles. The van der Waals surface area contributed by atoms with Crippen LogP contribution in [-0.2, 0) is 10.0 Å². The van der Waals surface area contributed by atoms with Crippen molar-refractivity contribution < 1.29 is 21.6 Å². The smallest absolute Gasteiger partial charge is 0.399 e. The van der Waals surface area contributed by atoms with Crippen LogP contribution in [0.4, 0.5) is 18.9 Å². The number of hydrogen-bond donors (Lipinski definition) is 2. The van der Waals surface area contributed by atoms with Crippen LogP contribution >= 0.6 is 0 Å². The molecule has 3 N–H and O–H groups in total. The van der Waals surface area contributed by atoms with Crippen molar-refractivity contribution in [2.45, 2.75) is 18.5 Å². The van der Waals surface area contributed by atoms with Crippen molar-refractivity contribution in [1.82, 2.24) is 4.72 Å². The molecule has 0 heterocycles. The predicted octanol–water partition coefficient (Wildman–Crippen LogP) is 1.77. The molecule has 96 valence electrons. The number of benzene rings is 1. The zero-order valence-corrected chi connectivity index (χ0v) is 9.64. The van der Waals surface area contributed by atoms with Gasteiger partial charge in [-0.1, -0.05) is 12.1 Å². The number of anilines is 1. The lowest BCUT2D eigenvalue weighted by Gasteiger charge is -2.16. The highest BCUT2D eigenvalue weighted by Crippen LogP contribution is 2.25. The minimum Gasteiger partial charge on any atom is -0.399 e. The molecule has 0 aliphatic carbocycles. The second kappa shape index (κ2) is 4.53. The van der Waals surface area contributed by atoms with Crippen LogP contribution in [-0.4, -0.2) is 13.9 Å². The minimum atomic E-state index is -5.34. The van der Waals surface area contributed by atoms with E-state index in [-0.39, 0.29) is 0 Å². The van der Waals surface area contributed by atoms with Crippen LogP contribution in [0.3, 0.4) is 0 Å². The topological polar surface area (TPSA) is 72.2 Å². The van der Waals surface area contributed by atoms with Gasteiger partial charge in [0.15, 0.2) is 0 Å². The van der Waals surface area contributed by atoms with E-state index < -0.39 is 21.6 Å². The predicted molar refractivity (Wildman–Crippen MR) is 57.4 cm³/mol. The minimum absolute atomic E-state index is 0.395. The average molecular weight is 268 g/mol. The van der Waals surface area contributed by atoms with Gasteiger partial charge in [-0.3, -0.25) is 0 Å². The van der Waals surface area contributed by atoms with Gasteiger partial charge in [-0.2, -0.15) is 13.2 Å². The maximum Gasteiger partial charge on any atom is 0.511 e. The second-order valence-corrected chi connectivity index (χ2v) is 5.16. The molecule has 0 saturated heterocycles. The van der Waals surface area contributed by atoms with Crippen molar-refractivity contribution in [3.63, 3.8) is 0 Å². The SMILES string of the molecule is CC(NS(=O)(=O)C(F)(F)F)c1ccc(N)cc1. The van der Waals surface area contributed by atoms with Crippen molar-refractivity contribution in [2.24, 2.45) is 0 Å². The monoisotopic (exact) mass is 268 g/mol. The van der Waals surface area contributed by atoms with Crippen LogP contribution in [0, 0.1) is 0 Å². The Bertz CT molecular complexity index is 482. The summed E-state index contributed by atoms with van der Waals surface area (Å²) in [6.45, 7) is 1.31. The van der Waals surface area contributed by atoms with Crippen molar-refractivity contribution in [3.05, 3.63) is 29.8 Å². The van der Waals surface area contributed by atoms with Gasteiger partial charge in [0.25, 0.3) is 0 Å². The van der Waals surface area contributed by atoms with Crippen LogP contribution in [0.15, 0.2) is 24.3 Å². The first-order chi connectivity index (χ1) is 7.63. The van der Waals surface area contributed by atoms with E-state index in [0.29, 0.717) is 11.3 Å². The molecular formula is C9H11F3N2O2S. The molecular weight excluding hydrogens is 257 g/mol. The Morgan fingerprint density at radius 1 is 1.24 bits per heavy atom. The molecule has 0 saturated carbocycles. The fourth-order valence-corrected chi connectivity index (χ4v) is 1.89. The van der Waals surface area contributed by atoms with E-state index in [9.17, 15) is 21.6 Å². The fraction of sp³-hybridized carbons (Fsp3) is 0.333. The molecule has 17 heavy (non-hydrogen) atoms. The number of nitrogens with two attached hydrogens (primary N) is 1. The summed E-state index contributed by atoms with van der Waals surface area (Å²) in [4.78, 5) is 0. The van der Waals surface area contributed by atoms with E-state index >= 15 is 0 Å². The summed E-state index contributed by atoms with van der Waals surface area (Å²) in [5.41, 5.74) is 0.934. The zero-order valence-electron chi connectivity index (χ0n) is 8.82. The standard InChI is InChI=1S/C9H11F3N2O2S/c1-6(7-2-4-8(13)5-3-7)14-17(15,16)9(10,11)12/h2-6,14H,13H2,1H3. The molecule has 0 spiro atoms. The van der Waals surface area contributed by atoms with Crippen LogP contribution in [0.5, 0.6) is 0 Å². The van der Waals surface area contributed by atoms with Gasteiger partial charge in [0.1, 0.15) is 0 Å². The largest absolute Gasteiger partial charge is 0.511 e. The normalized spacial score (nSPS) is 14.6. The molecule has 0 amide bonds. The summed E-state index contributed by atoms with van der Waals surface area (Å²) in [6.07, 6.45) is 0. The highest BCUT2D eigenvalue weighted by molar-refractivity contribution is 7.90. The number of hydrogen-bond acceptors (Lipinski definition) is 3. The Morgan fingerprint density at radius 2 is 1.71 bits per heavy atom. The summed E-state index contributed by atoms with van der Waals surface area (Å²) < 4.78 is 59.5. The third kappa shape index (κ3) is 3.34. The molecule has 1 aromatic carbocycles. The lowest BCUT2D eigenvalue weighted by Crippen LogP contribution is -2.37. The van der Waals surface area contributed by atoms with Gasteiger partial charge < -0.3 is 5.73 Å². The van der Waals surface area contributed by atoms with E-state index in [1.807, 2.05) is 0 Å². The van der Waals surface area contributed by atoms with Crippen molar-refractivity contribution in [1.29, 1.82) is 0 Å². The molecule has 4 nitrogen and oxygen atoms in total. The zero-order chi connectivity index (χ0) is 13.3. The number of nitrogens with one attached hydrogen (secondary N) is 1. The average Bonchev–Trinajstić information content (AvgIpc) is 2.16. The third-order valence-electron chi connectivity index (χ3n) is 2.07. The molecule has 0 radical (unpaired) electrons. The highest BCUT2D eigenvalue weighted by atomic mass is 32.2. The Balaban J connectivity index is 2.87. The van der Waals surface area contributed by atoms with E-state index in [4.69, 9.17) is 5.73 Å². The number of nitrogen functional groups attached to an aromatic ring is 1. The lowest BCUT2D eigenvalue weighted by atomic mass is 10.1. The third-order valence-corrected chi connectivity index (χ3v) is 3.35. The van der Waals surface area contributed by atoms with Crippen LogP contribution in [0.1, 0.15) is 18.5 Å². The van der Waals surface area contributed by atoms with Gasteiger partial charge >= 0.3 is 15.5 Å². The number of sulfonamides is 1. The first kappa shape index (κ1) is 13.8. The van der Waals surface area contributed by atoms with Crippen LogP contribution in [0.25, 0.3) is 0 Å². The molecule has 8 heteroatoms. The fourth-order valence-electron chi connectivity index (χ4n) is 1.15. The van der Waals surface area contributed by atoms with E-state index in [0.717, 1.165) is 0 Å². The lowest BCUT2D eigenvalue weighted by molar-refractivity contribution is -0.0450.